The molecule has 1 aromatic rings. The molecule has 0 saturated heterocycles. The lowest BCUT2D eigenvalue weighted by molar-refractivity contribution is -0.164. The van der Waals surface area contributed by atoms with Gasteiger partial charge in [-0.05, 0) is 78.5 Å². The van der Waals surface area contributed by atoms with Gasteiger partial charge in [0.15, 0.2) is 0 Å². The van der Waals surface area contributed by atoms with Crippen LogP contribution in [0.2, 0.25) is 0 Å². The van der Waals surface area contributed by atoms with Gasteiger partial charge in [0.05, 0.1) is 29.9 Å². The quantitative estimate of drug-likeness (QED) is 0.165. The van der Waals surface area contributed by atoms with E-state index in [0.29, 0.717) is 5.56 Å². The number of carboxylic acids is 1. The number of ether oxygens (including phenoxy) is 2. The number of rotatable bonds is 3. The van der Waals surface area contributed by atoms with E-state index < -0.39 is 23.3 Å². The molecule has 13 heteroatoms. The normalized spacial score (nSPS) is 11.2. The Hall–Kier alpha value is -4.55. The molecule has 0 aromatic heterocycles. The summed E-state index contributed by atoms with van der Waals surface area (Å²) >= 11 is 0. The molecule has 1 aromatic carbocycles. The molecule has 0 aliphatic carbocycles. The molecule has 1 amide bonds. The van der Waals surface area contributed by atoms with Crippen molar-refractivity contribution in [2.75, 3.05) is 7.11 Å². The van der Waals surface area contributed by atoms with Crippen LogP contribution in [-0.4, -0.2) is 65.6 Å². The highest BCUT2D eigenvalue weighted by atomic mass is 16.6. The van der Waals surface area contributed by atoms with Gasteiger partial charge in [-0.15, -0.1) is 0 Å². The van der Waals surface area contributed by atoms with Crippen LogP contribution in [0, 0.1) is 32.5 Å². The van der Waals surface area contributed by atoms with Crippen LogP contribution in [0.3, 0.4) is 0 Å². The number of benzene rings is 1. The molecule has 0 bridgehead atoms. The summed E-state index contributed by atoms with van der Waals surface area (Å²) in [5.41, 5.74) is 4.55. The summed E-state index contributed by atoms with van der Waals surface area (Å²) in [6, 6.07) is 7.01. The molecule has 3 N–H and O–H groups in total. The van der Waals surface area contributed by atoms with E-state index in [-0.39, 0.29) is 68.1 Å². The zero-order valence-corrected chi connectivity index (χ0v) is 42.6. The van der Waals surface area contributed by atoms with Crippen molar-refractivity contribution in [3.63, 3.8) is 0 Å². The smallest absolute Gasteiger partial charge is 0.335 e. The molecule has 0 saturated carbocycles. The molecule has 61 heavy (non-hydrogen) atoms. The average molecular weight is 868 g/mol. The first-order valence-corrected chi connectivity index (χ1v) is 20.0. The predicted molar refractivity (Wildman–Crippen MR) is 244 cm³/mol. The topological polar surface area (TPSA) is 218 Å². The number of carbonyl (C=O) groups is 9. The lowest BCUT2D eigenvalue weighted by atomic mass is 9.87. The fourth-order valence-corrected chi connectivity index (χ4v) is 2.19. The standard InChI is InChI=1S/C11H14O2.C8H14O2.C7H12O3.C6H12O2.C6H12O.C5H11NO.C5H10O/c1-11(2,3)9-6-4-8(5-7-9)10(12)13;1-6(9)5-7(10)8(2,3)4;1-5(8)10-6(9)7(2,3)4;1-6(2,3)5(7)8-4;1-5(7)6(2,3)4;1-5(2,3)4(6)7;1-5(2,3)4-6/h4-7H,1-3H3,(H,12,13);5H2,1-4H3;1-4H3;1-4H3;1-4H3;1-3H3,(H2,6,7);4H,1-3H3. The third kappa shape index (κ3) is 46.4. The fraction of sp³-hybridized carbons (Fsp3) is 0.688. The number of aromatic carboxylic acids is 1. The summed E-state index contributed by atoms with van der Waals surface area (Å²) < 4.78 is 8.81. The lowest BCUT2D eigenvalue weighted by Gasteiger charge is -2.18. The highest BCUT2D eigenvalue weighted by Gasteiger charge is 2.24. The summed E-state index contributed by atoms with van der Waals surface area (Å²) in [5.74, 6) is -2.14. The predicted octanol–water partition coefficient (Wildman–Crippen LogP) is 9.96. The zero-order valence-electron chi connectivity index (χ0n) is 42.6. The van der Waals surface area contributed by atoms with Gasteiger partial charge in [0, 0.05) is 28.6 Å². The Morgan fingerprint density at radius 2 is 0.885 bits per heavy atom. The SMILES string of the molecule is CC(=O)C(C)(C)C.CC(=O)CC(=O)C(C)(C)C.CC(=O)OC(=O)C(C)(C)C.CC(C)(C)C(N)=O.CC(C)(C)C=O.CC(C)(C)c1ccc(C(=O)O)cc1.COC(=O)C(C)(C)C. The van der Waals surface area contributed by atoms with Crippen molar-refractivity contribution in [2.24, 2.45) is 38.2 Å². The summed E-state index contributed by atoms with van der Waals surface area (Å²) in [7, 11) is 1.40. The van der Waals surface area contributed by atoms with Gasteiger partial charge < -0.3 is 25.1 Å². The highest BCUT2D eigenvalue weighted by Crippen LogP contribution is 2.22. The van der Waals surface area contributed by atoms with E-state index in [0.717, 1.165) is 11.8 Å². The zero-order chi connectivity index (χ0) is 50.9. The van der Waals surface area contributed by atoms with Gasteiger partial charge in [-0.2, -0.15) is 0 Å². The second-order valence-corrected chi connectivity index (χ2v) is 21.5. The van der Waals surface area contributed by atoms with E-state index in [1.807, 2.05) is 95.2 Å². The molecule has 1 rings (SSSR count). The number of hydrogen-bond donors (Lipinski definition) is 2. The Bertz CT molecular complexity index is 1470. The maximum atomic E-state index is 11.1. The van der Waals surface area contributed by atoms with Crippen LogP contribution in [0.4, 0.5) is 0 Å². The third-order valence-electron chi connectivity index (χ3n) is 7.04. The molecular formula is C48H85NO12. The van der Waals surface area contributed by atoms with Gasteiger partial charge in [0.25, 0.3) is 0 Å². The first-order chi connectivity index (χ1) is 26.5. The molecule has 0 aliphatic heterocycles. The Morgan fingerprint density at radius 3 is 0.984 bits per heavy atom. The first-order valence-electron chi connectivity index (χ1n) is 20.0. The largest absolute Gasteiger partial charge is 0.478 e. The summed E-state index contributed by atoms with van der Waals surface area (Å²) in [6.45, 7) is 43.3. The molecule has 0 spiro atoms. The van der Waals surface area contributed by atoms with Gasteiger partial charge >= 0.3 is 23.9 Å². The molecule has 0 radical (unpaired) electrons. The molecule has 13 nitrogen and oxygen atoms in total. The highest BCUT2D eigenvalue weighted by molar-refractivity contribution is 6.00. The second kappa shape index (κ2) is 28.9. The minimum Gasteiger partial charge on any atom is -0.478 e. The van der Waals surface area contributed by atoms with Gasteiger partial charge in [0.1, 0.15) is 23.6 Å². The van der Waals surface area contributed by atoms with Gasteiger partial charge in [-0.25, -0.2) is 4.79 Å². The van der Waals surface area contributed by atoms with Gasteiger partial charge in [-0.1, -0.05) is 116 Å². The molecule has 0 unspecified atom stereocenters. The lowest BCUT2D eigenvalue weighted by Crippen LogP contribution is -2.27. The van der Waals surface area contributed by atoms with Crippen LogP contribution >= 0.6 is 0 Å². The summed E-state index contributed by atoms with van der Waals surface area (Å²) in [6.07, 6.45) is 1.01. The van der Waals surface area contributed by atoms with E-state index in [1.54, 1.807) is 60.6 Å². The maximum absolute atomic E-state index is 11.1. The van der Waals surface area contributed by atoms with Crippen molar-refractivity contribution in [1.82, 2.24) is 0 Å². The maximum Gasteiger partial charge on any atom is 0.335 e. The second-order valence-electron chi connectivity index (χ2n) is 21.5. The van der Waals surface area contributed by atoms with E-state index in [9.17, 15) is 43.2 Å². The minimum atomic E-state index is -0.875. The average Bonchev–Trinajstić information content (AvgIpc) is 3.02. The number of methoxy groups -OCH3 is 1. The van der Waals surface area contributed by atoms with Crippen molar-refractivity contribution in [2.45, 2.75) is 178 Å². The molecule has 0 aliphatic rings. The number of Topliss-reactive ketones (excluding diaryl/α,β-unsaturated/α-hetero) is 3. The number of ketones is 3. The number of hydrogen-bond acceptors (Lipinski definition) is 11. The molecule has 354 valence electrons. The van der Waals surface area contributed by atoms with Crippen LogP contribution in [0.1, 0.15) is 189 Å². The van der Waals surface area contributed by atoms with E-state index in [2.05, 4.69) is 30.2 Å². The van der Waals surface area contributed by atoms with Gasteiger partial charge in [0.2, 0.25) is 5.91 Å². The van der Waals surface area contributed by atoms with Crippen molar-refractivity contribution >= 4 is 53.4 Å². The number of nitrogens with two attached hydrogens (primary N) is 1. The van der Waals surface area contributed by atoms with Crippen molar-refractivity contribution in [3.05, 3.63) is 35.4 Å². The number of aldehydes is 1. The fourth-order valence-electron chi connectivity index (χ4n) is 2.19. The minimum absolute atomic E-state index is 0.0139. The summed E-state index contributed by atoms with van der Waals surface area (Å²) in [4.78, 5) is 94.3. The van der Waals surface area contributed by atoms with Gasteiger partial charge in [-0.3, -0.25) is 33.6 Å². The first kappa shape index (κ1) is 68.2. The van der Waals surface area contributed by atoms with Crippen molar-refractivity contribution in [3.8, 4) is 0 Å². The summed E-state index contributed by atoms with van der Waals surface area (Å²) in [5, 5.41) is 8.68. The van der Waals surface area contributed by atoms with Crippen molar-refractivity contribution < 1.29 is 57.7 Å². The van der Waals surface area contributed by atoms with Crippen LogP contribution in [-0.2, 0) is 53.2 Å². The number of carboxylic acid groups (broad SMARTS) is 1. The van der Waals surface area contributed by atoms with Crippen LogP contribution in [0.25, 0.3) is 0 Å². The number of esters is 3. The number of amides is 1. The molecular weight excluding hydrogens is 783 g/mol. The van der Waals surface area contributed by atoms with E-state index in [4.69, 9.17) is 10.8 Å². The van der Waals surface area contributed by atoms with Crippen LogP contribution < -0.4 is 5.73 Å². The number of carbonyl (C=O) groups excluding carboxylic acids is 8. The Kier molecular flexibility index (Phi) is 32.3. The van der Waals surface area contributed by atoms with E-state index >= 15 is 0 Å². The van der Waals surface area contributed by atoms with Crippen LogP contribution in [0.5, 0.6) is 0 Å². The Morgan fingerprint density at radius 1 is 0.574 bits per heavy atom. The van der Waals surface area contributed by atoms with E-state index in [1.165, 1.54) is 21.0 Å². The molecule has 0 heterocycles. The van der Waals surface area contributed by atoms with Crippen LogP contribution in [0.15, 0.2) is 24.3 Å². The Balaban J connectivity index is -0.000000147. The monoisotopic (exact) mass is 868 g/mol. The number of primary amides is 1. The van der Waals surface area contributed by atoms with Crippen molar-refractivity contribution in [1.29, 1.82) is 0 Å². The molecule has 0 atom stereocenters. The third-order valence-corrected chi connectivity index (χ3v) is 7.04. The Labute approximate surface area is 369 Å². The molecule has 0 fully saturated rings.